The van der Waals surface area contributed by atoms with Gasteiger partial charge in [-0.2, -0.15) is 13.2 Å². The molecule has 0 saturated carbocycles. The van der Waals surface area contributed by atoms with Gasteiger partial charge in [0.1, 0.15) is 5.75 Å². The van der Waals surface area contributed by atoms with Gasteiger partial charge in [0.15, 0.2) is 12.6 Å². The Morgan fingerprint density at radius 1 is 1.10 bits per heavy atom. The fraction of sp³-hybridized carbons (Fsp3) is 0.333. The number of carbonyl (C=O) groups excluding carboxylic acids is 1. The number of benzene rings is 2. The van der Waals surface area contributed by atoms with Crippen molar-refractivity contribution in [1.29, 1.82) is 0 Å². The van der Waals surface area contributed by atoms with Crippen molar-refractivity contribution in [2.24, 2.45) is 4.99 Å². The molecule has 0 aliphatic rings. The molecule has 2 rings (SSSR count). The third-order valence-corrected chi connectivity index (χ3v) is 3.84. The number of hydrogen-bond acceptors (Lipinski definition) is 3. The molecule has 0 aliphatic carbocycles. The topological polar surface area (TPSA) is 74.8 Å². The highest BCUT2D eigenvalue weighted by molar-refractivity contribution is 14.0. The zero-order chi connectivity index (χ0) is 22.0. The molecule has 0 fully saturated rings. The lowest BCUT2D eigenvalue weighted by molar-refractivity contribution is -0.153. The molecule has 6 nitrogen and oxygen atoms in total. The van der Waals surface area contributed by atoms with Crippen molar-refractivity contribution < 1.29 is 22.7 Å². The highest BCUT2D eigenvalue weighted by Gasteiger charge is 2.28. The van der Waals surface area contributed by atoms with E-state index >= 15 is 0 Å². The van der Waals surface area contributed by atoms with Crippen LogP contribution in [0.2, 0.25) is 0 Å². The molecule has 0 saturated heterocycles. The highest BCUT2D eigenvalue weighted by Crippen LogP contribution is 2.24. The fourth-order valence-electron chi connectivity index (χ4n) is 2.48. The molecule has 1 amide bonds. The number of aliphatic imine (C=N–C) groups is 1. The summed E-state index contributed by atoms with van der Waals surface area (Å²) in [4.78, 5) is 16.4. The van der Waals surface area contributed by atoms with E-state index in [0.29, 0.717) is 23.8 Å². The molecule has 3 N–H and O–H groups in total. The summed E-state index contributed by atoms with van der Waals surface area (Å²) in [5.74, 6) is 0.244. The van der Waals surface area contributed by atoms with Gasteiger partial charge in [-0.15, -0.1) is 24.0 Å². The second-order valence-corrected chi connectivity index (χ2v) is 6.48. The second kappa shape index (κ2) is 13.0. The average Bonchev–Trinajstić information content (AvgIpc) is 2.69. The molecule has 0 aromatic heterocycles. The number of anilines is 1. The van der Waals surface area contributed by atoms with Crippen LogP contribution in [0.25, 0.3) is 0 Å². The molecule has 0 bridgehead atoms. The van der Waals surface area contributed by atoms with Crippen molar-refractivity contribution in [3.8, 4) is 5.75 Å². The quantitative estimate of drug-likeness (QED) is 0.261. The Morgan fingerprint density at radius 3 is 2.45 bits per heavy atom. The van der Waals surface area contributed by atoms with E-state index in [2.05, 4.69) is 20.9 Å². The van der Waals surface area contributed by atoms with Crippen molar-refractivity contribution in [2.45, 2.75) is 26.6 Å². The maximum Gasteiger partial charge on any atom is 0.422 e. The molecule has 2 aromatic carbocycles. The number of halogens is 4. The summed E-state index contributed by atoms with van der Waals surface area (Å²) in [6.07, 6.45) is -4.42. The van der Waals surface area contributed by atoms with E-state index in [1.807, 2.05) is 25.1 Å². The molecule has 2 aromatic rings. The van der Waals surface area contributed by atoms with Gasteiger partial charge in [-0.3, -0.25) is 4.79 Å². The van der Waals surface area contributed by atoms with E-state index in [4.69, 9.17) is 4.74 Å². The van der Waals surface area contributed by atoms with Gasteiger partial charge in [-0.05, 0) is 37.6 Å². The fourth-order valence-corrected chi connectivity index (χ4v) is 2.48. The van der Waals surface area contributed by atoms with E-state index in [-0.39, 0.29) is 48.7 Å². The summed E-state index contributed by atoms with van der Waals surface area (Å²) in [7, 11) is 0. The minimum Gasteiger partial charge on any atom is -0.484 e. The molecular formula is C21H26F3IN4O2. The molecule has 0 aliphatic heterocycles. The normalized spacial score (nSPS) is 11.3. The van der Waals surface area contributed by atoms with E-state index in [9.17, 15) is 18.0 Å². The van der Waals surface area contributed by atoms with Gasteiger partial charge in [-0.25, -0.2) is 4.99 Å². The van der Waals surface area contributed by atoms with Gasteiger partial charge >= 0.3 is 6.18 Å². The van der Waals surface area contributed by atoms with Crippen molar-refractivity contribution in [2.75, 3.05) is 25.0 Å². The predicted molar refractivity (Wildman–Crippen MR) is 126 cm³/mol. The number of guanidine groups is 1. The number of carbonyl (C=O) groups is 1. The van der Waals surface area contributed by atoms with Crippen LogP contribution in [0, 0.1) is 6.92 Å². The first kappa shape index (κ1) is 26.5. The van der Waals surface area contributed by atoms with Crippen molar-refractivity contribution in [1.82, 2.24) is 10.6 Å². The zero-order valence-corrected chi connectivity index (χ0v) is 19.6. The minimum atomic E-state index is -4.42. The van der Waals surface area contributed by atoms with Gasteiger partial charge in [0.2, 0.25) is 5.91 Å². The molecule has 0 unspecified atom stereocenters. The number of nitrogens with zero attached hydrogens (tertiary/aromatic N) is 1. The van der Waals surface area contributed by atoms with Crippen LogP contribution in [-0.2, 0) is 11.3 Å². The van der Waals surface area contributed by atoms with Crippen molar-refractivity contribution in [3.63, 3.8) is 0 Å². The monoisotopic (exact) mass is 550 g/mol. The summed E-state index contributed by atoms with van der Waals surface area (Å²) in [6.45, 7) is 2.88. The molecule has 0 spiro atoms. The first-order chi connectivity index (χ1) is 14.3. The summed E-state index contributed by atoms with van der Waals surface area (Å²) in [5, 5.41) is 8.65. The SMILES string of the molecule is CCNC(=NCc1ccc(C)cc1OCC(F)(F)F)NCC(=O)Nc1ccccc1.I. The third kappa shape index (κ3) is 10.4. The van der Waals surface area contributed by atoms with Crippen molar-refractivity contribution >= 4 is 41.5 Å². The van der Waals surface area contributed by atoms with Crippen LogP contribution in [0.1, 0.15) is 18.1 Å². The maximum atomic E-state index is 12.5. The zero-order valence-electron chi connectivity index (χ0n) is 17.3. The maximum absolute atomic E-state index is 12.5. The Hall–Kier alpha value is -2.50. The number of alkyl halides is 3. The third-order valence-electron chi connectivity index (χ3n) is 3.84. The average molecular weight is 550 g/mol. The Morgan fingerprint density at radius 2 is 1.81 bits per heavy atom. The van der Waals surface area contributed by atoms with E-state index in [1.165, 1.54) is 0 Å². The van der Waals surface area contributed by atoms with Crippen LogP contribution in [-0.4, -0.2) is 37.7 Å². The van der Waals surface area contributed by atoms with Gasteiger partial charge in [-0.1, -0.05) is 30.3 Å². The number of rotatable bonds is 8. The largest absolute Gasteiger partial charge is 0.484 e. The lowest BCUT2D eigenvalue weighted by Crippen LogP contribution is -2.41. The number of nitrogens with one attached hydrogen (secondary N) is 3. The highest BCUT2D eigenvalue weighted by atomic mass is 127. The standard InChI is InChI=1S/C21H25F3N4O2.HI/c1-3-25-20(27-13-19(29)28-17-7-5-4-6-8-17)26-12-16-10-9-15(2)11-18(16)30-14-21(22,23)24;/h4-11H,3,12-14H2,1-2H3,(H,28,29)(H2,25,26,27);1H. The summed E-state index contributed by atoms with van der Waals surface area (Å²) < 4.78 is 42.5. The first-order valence-electron chi connectivity index (χ1n) is 9.43. The smallest absolute Gasteiger partial charge is 0.422 e. The van der Waals surface area contributed by atoms with E-state index in [1.54, 1.807) is 37.3 Å². The molecule has 170 valence electrons. The molecule has 10 heteroatoms. The number of amides is 1. The lowest BCUT2D eigenvalue weighted by atomic mass is 10.1. The first-order valence-corrected chi connectivity index (χ1v) is 9.43. The second-order valence-electron chi connectivity index (χ2n) is 6.48. The van der Waals surface area contributed by atoms with Gasteiger partial charge < -0.3 is 20.7 Å². The predicted octanol–water partition coefficient (Wildman–Crippen LogP) is 4.25. The number of hydrogen-bond donors (Lipinski definition) is 3. The van der Waals surface area contributed by atoms with Crippen LogP contribution < -0.4 is 20.7 Å². The van der Waals surface area contributed by atoms with Crippen LogP contribution in [0.3, 0.4) is 0 Å². The Kier molecular flexibility index (Phi) is 11.2. The number of para-hydroxylation sites is 1. The van der Waals surface area contributed by atoms with Crippen LogP contribution in [0.4, 0.5) is 18.9 Å². The summed E-state index contributed by atoms with van der Waals surface area (Å²) in [6, 6.07) is 14.0. The van der Waals surface area contributed by atoms with Crippen LogP contribution >= 0.6 is 24.0 Å². The molecular weight excluding hydrogens is 524 g/mol. The minimum absolute atomic E-state index is 0. The van der Waals surface area contributed by atoms with Gasteiger partial charge in [0.05, 0.1) is 13.1 Å². The van der Waals surface area contributed by atoms with Crippen LogP contribution in [0.15, 0.2) is 53.5 Å². The molecule has 0 heterocycles. The van der Waals surface area contributed by atoms with Crippen LogP contribution in [0.5, 0.6) is 5.75 Å². The Labute approximate surface area is 196 Å². The van der Waals surface area contributed by atoms with Gasteiger partial charge in [0, 0.05) is 17.8 Å². The molecule has 31 heavy (non-hydrogen) atoms. The summed E-state index contributed by atoms with van der Waals surface area (Å²) >= 11 is 0. The number of aryl methyl sites for hydroxylation is 1. The Bertz CT molecular complexity index is 861. The summed E-state index contributed by atoms with van der Waals surface area (Å²) in [5.41, 5.74) is 1.97. The Balaban J connectivity index is 0.00000480. The van der Waals surface area contributed by atoms with Crippen molar-refractivity contribution in [3.05, 3.63) is 59.7 Å². The molecule has 0 atom stereocenters. The van der Waals surface area contributed by atoms with Gasteiger partial charge in [0.25, 0.3) is 0 Å². The van der Waals surface area contributed by atoms with E-state index < -0.39 is 12.8 Å². The molecule has 0 radical (unpaired) electrons. The number of ether oxygens (including phenoxy) is 1. The lowest BCUT2D eigenvalue weighted by Gasteiger charge is -2.14. The van der Waals surface area contributed by atoms with E-state index in [0.717, 1.165) is 5.56 Å².